The van der Waals surface area contributed by atoms with Crippen LogP contribution in [0.1, 0.15) is 31.0 Å². The molecule has 0 N–H and O–H groups in total. The number of nitro benzene ring substituents is 1. The molecule has 2 aromatic carbocycles. The standard InChI is InChI=1S/C19H22N2O4/c1-13-8-10-18(11-9-13)25-15(3)19(22)20(4)14(2)16-6-5-7-17(12-16)21(23)24/h5-12,14-15H,1-4H3/t14-,15+/m1/s1. The summed E-state index contributed by atoms with van der Waals surface area (Å²) in [5.41, 5.74) is 1.82. The van der Waals surface area contributed by atoms with Crippen molar-refractivity contribution in [3.05, 3.63) is 69.8 Å². The molecule has 0 saturated carbocycles. The first kappa shape index (κ1) is 18.4. The summed E-state index contributed by atoms with van der Waals surface area (Å²) in [4.78, 5) is 24.6. The zero-order chi connectivity index (χ0) is 18.6. The van der Waals surface area contributed by atoms with Gasteiger partial charge in [-0.1, -0.05) is 29.8 Å². The highest BCUT2D eigenvalue weighted by Crippen LogP contribution is 2.24. The van der Waals surface area contributed by atoms with E-state index in [9.17, 15) is 14.9 Å². The Morgan fingerprint density at radius 1 is 1.16 bits per heavy atom. The third-order valence-corrected chi connectivity index (χ3v) is 4.17. The molecule has 0 saturated heterocycles. The topological polar surface area (TPSA) is 72.7 Å². The number of amides is 1. The molecule has 0 radical (unpaired) electrons. The minimum atomic E-state index is -0.658. The second kappa shape index (κ2) is 7.79. The number of hydrogen-bond donors (Lipinski definition) is 0. The van der Waals surface area contributed by atoms with Gasteiger partial charge in [-0.3, -0.25) is 14.9 Å². The van der Waals surface area contributed by atoms with E-state index in [4.69, 9.17) is 4.74 Å². The molecular weight excluding hydrogens is 320 g/mol. The predicted molar refractivity (Wildman–Crippen MR) is 95.6 cm³/mol. The van der Waals surface area contributed by atoms with Crippen molar-refractivity contribution >= 4 is 11.6 Å². The molecule has 1 amide bonds. The molecule has 2 rings (SSSR count). The van der Waals surface area contributed by atoms with Crippen LogP contribution in [0.2, 0.25) is 0 Å². The lowest BCUT2D eigenvalue weighted by Crippen LogP contribution is -2.39. The first-order valence-electron chi connectivity index (χ1n) is 8.04. The Balaban J connectivity index is 2.08. The smallest absolute Gasteiger partial charge is 0.269 e. The number of nitrogens with zero attached hydrogens (tertiary/aromatic N) is 2. The lowest BCUT2D eigenvalue weighted by atomic mass is 10.1. The molecule has 0 unspecified atom stereocenters. The average Bonchev–Trinajstić information content (AvgIpc) is 2.61. The van der Waals surface area contributed by atoms with Crippen molar-refractivity contribution in [2.45, 2.75) is 32.9 Å². The van der Waals surface area contributed by atoms with Crippen molar-refractivity contribution < 1.29 is 14.5 Å². The van der Waals surface area contributed by atoms with Gasteiger partial charge in [0.05, 0.1) is 11.0 Å². The lowest BCUT2D eigenvalue weighted by Gasteiger charge is -2.28. The Labute approximate surface area is 147 Å². The van der Waals surface area contributed by atoms with E-state index < -0.39 is 11.0 Å². The van der Waals surface area contributed by atoms with Crippen LogP contribution in [-0.4, -0.2) is 28.9 Å². The van der Waals surface area contributed by atoms with Gasteiger partial charge in [0.1, 0.15) is 5.75 Å². The fourth-order valence-electron chi connectivity index (χ4n) is 2.47. The Bertz CT molecular complexity index is 758. The van der Waals surface area contributed by atoms with Gasteiger partial charge in [-0.05, 0) is 38.5 Å². The number of nitro groups is 1. The summed E-state index contributed by atoms with van der Waals surface area (Å²) in [5.74, 6) is 0.433. The molecule has 0 bridgehead atoms. The van der Waals surface area contributed by atoms with E-state index in [0.717, 1.165) is 5.56 Å². The van der Waals surface area contributed by atoms with Crippen LogP contribution in [0.5, 0.6) is 5.75 Å². The van der Waals surface area contributed by atoms with Crippen molar-refractivity contribution in [1.29, 1.82) is 0 Å². The summed E-state index contributed by atoms with van der Waals surface area (Å²) in [6.07, 6.45) is -0.658. The molecule has 0 aliphatic heterocycles. The highest BCUT2D eigenvalue weighted by atomic mass is 16.6. The van der Waals surface area contributed by atoms with E-state index in [-0.39, 0.29) is 17.6 Å². The van der Waals surface area contributed by atoms with Gasteiger partial charge in [0.2, 0.25) is 0 Å². The molecule has 0 heterocycles. The minimum Gasteiger partial charge on any atom is -0.481 e. The number of non-ortho nitro benzene ring substituents is 1. The van der Waals surface area contributed by atoms with E-state index in [2.05, 4.69) is 0 Å². The molecule has 0 aliphatic rings. The molecule has 0 spiro atoms. The Morgan fingerprint density at radius 2 is 1.80 bits per heavy atom. The van der Waals surface area contributed by atoms with Gasteiger partial charge in [-0.25, -0.2) is 0 Å². The van der Waals surface area contributed by atoms with Crippen LogP contribution in [-0.2, 0) is 4.79 Å². The molecule has 0 aliphatic carbocycles. The molecule has 2 atom stereocenters. The highest BCUT2D eigenvalue weighted by molar-refractivity contribution is 5.81. The van der Waals surface area contributed by atoms with Gasteiger partial charge in [0, 0.05) is 19.2 Å². The molecule has 0 aromatic heterocycles. The molecular formula is C19H22N2O4. The zero-order valence-corrected chi connectivity index (χ0v) is 14.8. The van der Waals surface area contributed by atoms with Gasteiger partial charge < -0.3 is 9.64 Å². The lowest BCUT2D eigenvalue weighted by molar-refractivity contribution is -0.384. The molecule has 132 valence electrons. The predicted octanol–water partition coefficient (Wildman–Crippen LogP) is 3.89. The number of ether oxygens (including phenoxy) is 1. The van der Waals surface area contributed by atoms with Crippen molar-refractivity contribution in [3.63, 3.8) is 0 Å². The first-order chi connectivity index (χ1) is 11.8. The van der Waals surface area contributed by atoms with Crippen LogP contribution in [0.15, 0.2) is 48.5 Å². The maximum absolute atomic E-state index is 12.6. The third kappa shape index (κ3) is 4.56. The number of rotatable bonds is 6. The zero-order valence-electron chi connectivity index (χ0n) is 14.8. The highest BCUT2D eigenvalue weighted by Gasteiger charge is 2.24. The number of aryl methyl sites for hydroxylation is 1. The largest absolute Gasteiger partial charge is 0.481 e. The van der Waals surface area contributed by atoms with Crippen LogP contribution < -0.4 is 4.74 Å². The maximum atomic E-state index is 12.6. The fourth-order valence-corrected chi connectivity index (χ4v) is 2.47. The Kier molecular flexibility index (Phi) is 5.75. The first-order valence-corrected chi connectivity index (χ1v) is 8.04. The van der Waals surface area contributed by atoms with E-state index in [0.29, 0.717) is 11.3 Å². The third-order valence-electron chi connectivity index (χ3n) is 4.17. The van der Waals surface area contributed by atoms with Crippen molar-refractivity contribution in [3.8, 4) is 5.75 Å². The second-order valence-electron chi connectivity index (χ2n) is 6.05. The molecule has 0 fully saturated rings. The summed E-state index contributed by atoms with van der Waals surface area (Å²) in [5, 5.41) is 10.9. The van der Waals surface area contributed by atoms with Crippen molar-refractivity contribution in [2.75, 3.05) is 7.05 Å². The summed E-state index contributed by atoms with van der Waals surface area (Å²) >= 11 is 0. The number of benzene rings is 2. The quantitative estimate of drug-likeness (QED) is 0.590. The molecule has 6 nitrogen and oxygen atoms in total. The molecule has 25 heavy (non-hydrogen) atoms. The number of hydrogen-bond acceptors (Lipinski definition) is 4. The summed E-state index contributed by atoms with van der Waals surface area (Å²) in [6.45, 7) is 5.50. The van der Waals surface area contributed by atoms with E-state index in [1.807, 2.05) is 38.1 Å². The molecule has 2 aromatic rings. The van der Waals surface area contributed by atoms with Gasteiger partial charge in [-0.2, -0.15) is 0 Å². The van der Waals surface area contributed by atoms with Crippen molar-refractivity contribution in [1.82, 2.24) is 4.90 Å². The summed E-state index contributed by atoms with van der Waals surface area (Å²) in [6, 6.07) is 13.5. The number of carbonyl (C=O) groups is 1. The van der Waals surface area contributed by atoms with Gasteiger partial charge in [0.25, 0.3) is 11.6 Å². The number of carbonyl (C=O) groups excluding carboxylic acids is 1. The SMILES string of the molecule is Cc1ccc(O[C@@H](C)C(=O)N(C)[C@H](C)c2cccc([N+](=O)[O-])c2)cc1. The maximum Gasteiger partial charge on any atom is 0.269 e. The Morgan fingerprint density at radius 3 is 2.40 bits per heavy atom. The van der Waals surface area contributed by atoms with Crippen LogP contribution in [0.3, 0.4) is 0 Å². The van der Waals surface area contributed by atoms with Gasteiger partial charge in [0.15, 0.2) is 6.10 Å². The second-order valence-corrected chi connectivity index (χ2v) is 6.05. The van der Waals surface area contributed by atoms with E-state index in [1.54, 1.807) is 26.1 Å². The van der Waals surface area contributed by atoms with Gasteiger partial charge in [-0.15, -0.1) is 0 Å². The van der Waals surface area contributed by atoms with Crippen LogP contribution in [0.4, 0.5) is 5.69 Å². The molecule has 6 heteroatoms. The number of likely N-dealkylation sites (N-methyl/N-ethyl adjacent to an activating group) is 1. The fraction of sp³-hybridized carbons (Fsp3) is 0.316. The van der Waals surface area contributed by atoms with Crippen LogP contribution in [0.25, 0.3) is 0 Å². The van der Waals surface area contributed by atoms with Crippen LogP contribution >= 0.6 is 0 Å². The minimum absolute atomic E-state index is 0.00847. The van der Waals surface area contributed by atoms with Gasteiger partial charge >= 0.3 is 0 Å². The normalized spacial score (nSPS) is 13.0. The summed E-state index contributed by atoms with van der Waals surface area (Å²) < 4.78 is 5.70. The average molecular weight is 342 g/mol. The van der Waals surface area contributed by atoms with Crippen molar-refractivity contribution in [2.24, 2.45) is 0 Å². The van der Waals surface area contributed by atoms with E-state index in [1.165, 1.54) is 17.0 Å². The van der Waals surface area contributed by atoms with Crippen LogP contribution in [0, 0.1) is 17.0 Å². The Hall–Kier alpha value is -2.89. The monoisotopic (exact) mass is 342 g/mol. The summed E-state index contributed by atoms with van der Waals surface area (Å²) in [7, 11) is 1.67. The van der Waals surface area contributed by atoms with E-state index >= 15 is 0 Å².